The molecule has 2 heteroatoms. The van der Waals surface area contributed by atoms with Gasteiger partial charge in [-0.3, -0.25) is 4.90 Å². The molecule has 0 radical (unpaired) electrons. The Kier molecular flexibility index (Phi) is 3.28. The van der Waals surface area contributed by atoms with Gasteiger partial charge >= 0.3 is 0 Å². The highest BCUT2D eigenvalue weighted by Gasteiger charge is 2.39. The number of piperazine rings is 1. The quantitative estimate of drug-likeness (QED) is 0.843. The third-order valence-corrected chi connectivity index (χ3v) is 4.07. The first-order chi connectivity index (χ1) is 7.98. The normalized spacial score (nSPS) is 29.2. The minimum absolute atomic E-state index is 0.0762. The first kappa shape index (κ1) is 12.6. The molecule has 1 atom stereocenters. The molecule has 0 amide bonds. The van der Waals surface area contributed by atoms with Crippen molar-refractivity contribution in [2.45, 2.75) is 38.8 Å². The zero-order valence-electron chi connectivity index (χ0n) is 11.5. The SMILES string of the molecule is CCN1CC(C)(c2ccccc2)NCC1(C)C. The Balaban J connectivity index is 2.24. The van der Waals surface area contributed by atoms with Crippen LogP contribution in [0.1, 0.15) is 33.3 Å². The summed E-state index contributed by atoms with van der Waals surface area (Å²) in [6.45, 7) is 12.4. The second-order valence-electron chi connectivity index (χ2n) is 5.88. The van der Waals surface area contributed by atoms with Crippen molar-refractivity contribution in [3.63, 3.8) is 0 Å². The standard InChI is InChI=1S/C15H24N2/c1-5-17-12-15(4,16-11-14(17,2)3)13-9-7-6-8-10-13/h6-10,16H,5,11-12H2,1-4H3. The molecule has 1 saturated heterocycles. The number of rotatable bonds is 2. The Hall–Kier alpha value is -0.860. The van der Waals surface area contributed by atoms with Gasteiger partial charge in [-0.1, -0.05) is 37.3 Å². The minimum Gasteiger partial charge on any atom is -0.305 e. The number of hydrogen-bond acceptors (Lipinski definition) is 2. The molecule has 1 unspecified atom stereocenters. The predicted octanol–water partition coefficient (Wildman–Crippen LogP) is 2.61. The van der Waals surface area contributed by atoms with Crippen LogP contribution in [0.2, 0.25) is 0 Å². The molecule has 1 aliphatic heterocycles. The predicted molar refractivity (Wildman–Crippen MR) is 73.1 cm³/mol. The minimum atomic E-state index is 0.0762. The van der Waals surface area contributed by atoms with Crippen molar-refractivity contribution < 1.29 is 0 Å². The van der Waals surface area contributed by atoms with E-state index in [-0.39, 0.29) is 11.1 Å². The summed E-state index contributed by atoms with van der Waals surface area (Å²) < 4.78 is 0. The second kappa shape index (κ2) is 4.43. The monoisotopic (exact) mass is 232 g/mol. The Morgan fingerprint density at radius 2 is 1.82 bits per heavy atom. The van der Waals surface area contributed by atoms with Gasteiger partial charge in [-0.15, -0.1) is 0 Å². The first-order valence-electron chi connectivity index (χ1n) is 6.53. The summed E-state index contributed by atoms with van der Waals surface area (Å²) in [5, 5.41) is 3.72. The van der Waals surface area contributed by atoms with Crippen LogP contribution in [0.3, 0.4) is 0 Å². The lowest BCUT2D eigenvalue weighted by Crippen LogP contribution is -2.65. The van der Waals surface area contributed by atoms with Gasteiger partial charge in [-0.25, -0.2) is 0 Å². The van der Waals surface area contributed by atoms with E-state index in [1.54, 1.807) is 0 Å². The highest BCUT2D eigenvalue weighted by molar-refractivity contribution is 5.25. The van der Waals surface area contributed by atoms with E-state index in [4.69, 9.17) is 0 Å². The lowest BCUT2D eigenvalue weighted by atomic mass is 9.85. The van der Waals surface area contributed by atoms with Crippen LogP contribution in [-0.2, 0) is 5.54 Å². The zero-order valence-corrected chi connectivity index (χ0v) is 11.5. The molecule has 1 N–H and O–H groups in total. The van der Waals surface area contributed by atoms with Crippen LogP contribution in [0.25, 0.3) is 0 Å². The van der Waals surface area contributed by atoms with Crippen molar-refractivity contribution in [2.24, 2.45) is 0 Å². The molecule has 1 aromatic carbocycles. The molecule has 94 valence electrons. The lowest BCUT2D eigenvalue weighted by molar-refractivity contribution is 0.0361. The molecule has 1 aliphatic rings. The van der Waals surface area contributed by atoms with Gasteiger partial charge in [0.15, 0.2) is 0 Å². The van der Waals surface area contributed by atoms with E-state index >= 15 is 0 Å². The molecule has 0 spiro atoms. The molecule has 1 fully saturated rings. The maximum atomic E-state index is 3.72. The maximum absolute atomic E-state index is 3.72. The van der Waals surface area contributed by atoms with Crippen LogP contribution < -0.4 is 5.32 Å². The third-order valence-electron chi connectivity index (χ3n) is 4.07. The summed E-state index contributed by atoms with van der Waals surface area (Å²) in [6, 6.07) is 10.8. The average Bonchev–Trinajstić information content (AvgIpc) is 2.34. The molecule has 17 heavy (non-hydrogen) atoms. The van der Waals surface area contributed by atoms with Crippen molar-refractivity contribution in [2.75, 3.05) is 19.6 Å². The van der Waals surface area contributed by atoms with Gasteiger partial charge in [-0.2, -0.15) is 0 Å². The van der Waals surface area contributed by atoms with E-state index < -0.39 is 0 Å². The fourth-order valence-corrected chi connectivity index (χ4v) is 2.71. The highest BCUT2D eigenvalue weighted by atomic mass is 15.3. The summed E-state index contributed by atoms with van der Waals surface area (Å²) in [7, 11) is 0. The summed E-state index contributed by atoms with van der Waals surface area (Å²) in [4.78, 5) is 2.57. The van der Waals surface area contributed by atoms with Gasteiger partial charge in [-0.05, 0) is 32.9 Å². The van der Waals surface area contributed by atoms with Gasteiger partial charge in [0.2, 0.25) is 0 Å². The fourth-order valence-electron chi connectivity index (χ4n) is 2.71. The Morgan fingerprint density at radius 1 is 1.18 bits per heavy atom. The van der Waals surface area contributed by atoms with Gasteiger partial charge in [0.05, 0.1) is 5.54 Å². The van der Waals surface area contributed by atoms with E-state index in [1.807, 2.05) is 0 Å². The van der Waals surface area contributed by atoms with Crippen LogP contribution >= 0.6 is 0 Å². The highest BCUT2D eigenvalue weighted by Crippen LogP contribution is 2.30. The van der Waals surface area contributed by atoms with Crippen LogP contribution in [0, 0.1) is 0 Å². The molecule has 2 rings (SSSR count). The molecular formula is C15H24N2. The number of benzene rings is 1. The Morgan fingerprint density at radius 3 is 2.41 bits per heavy atom. The summed E-state index contributed by atoms with van der Waals surface area (Å²) in [5.41, 5.74) is 1.71. The number of likely N-dealkylation sites (N-methyl/N-ethyl adjacent to an activating group) is 1. The third kappa shape index (κ3) is 2.38. The topological polar surface area (TPSA) is 15.3 Å². The summed E-state index contributed by atoms with van der Waals surface area (Å²) in [5.74, 6) is 0. The van der Waals surface area contributed by atoms with E-state index in [2.05, 4.69) is 68.2 Å². The maximum Gasteiger partial charge on any atom is 0.0535 e. The lowest BCUT2D eigenvalue weighted by Gasteiger charge is -2.50. The number of nitrogens with zero attached hydrogens (tertiary/aromatic N) is 1. The second-order valence-corrected chi connectivity index (χ2v) is 5.88. The van der Waals surface area contributed by atoms with Gasteiger partial charge < -0.3 is 5.32 Å². The van der Waals surface area contributed by atoms with Crippen molar-refractivity contribution in [1.29, 1.82) is 0 Å². The van der Waals surface area contributed by atoms with E-state index in [0.29, 0.717) is 0 Å². The molecular weight excluding hydrogens is 208 g/mol. The smallest absolute Gasteiger partial charge is 0.0535 e. The van der Waals surface area contributed by atoms with E-state index in [9.17, 15) is 0 Å². The molecule has 0 aliphatic carbocycles. The van der Waals surface area contributed by atoms with Crippen molar-refractivity contribution in [1.82, 2.24) is 10.2 Å². The number of nitrogens with one attached hydrogen (secondary N) is 1. The van der Waals surface area contributed by atoms with Crippen LogP contribution in [-0.4, -0.2) is 30.1 Å². The van der Waals surface area contributed by atoms with E-state index in [0.717, 1.165) is 19.6 Å². The van der Waals surface area contributed by atoms with Crippen molar-refractivity contribution in [3.05, 3.63) is 35.9 Å². The van der Waals surface area contributed by atoms with Gasteiger partial charge in [0, 0.05) is 18.6 Å². The van der Waals surface area contributed by atoms with Crippen molar-refractivity contribution in [3.8, 4) is 0 Å². The van der Waals surface area contributed by atoms with Gasteiger partial charge in [0.1, 0.15) is 0 Å². The molecule has 1 heterocycles. The van der Waals surface area contributed by atoms with E-state index in [1.165, 1.54) is 5.56 Å². The summed E-state index contributed by atoms with van der Waals surface area (Å²) in [6.07, 6.45) is 0. The Labute approximate surface area is 105 Å². The molecule has 1 aromatic rings. The average molecular weight is 232 g/mol. The zero-order chi connectivity index (χ0) is 12.5. The molecule has 0 saturated carbocycles. The van der Waals surface area contributed by atoms with Gasteiger partial charge in [0.25, 0.3) is 0 Å². The molecule has 0 aromatic heterocycles. The summed E-state index contributed by atoms with van der Waals surface area (Å²) >= 11 is 0. The van der Waals surface area contributed by atoms with Crippen molar-refractivity contribution >= 4 is 0 Å². The number of hydrogen-bond donors (Lipinski definition) is 1. The largest absolute Gasteiger partial charge is 0.305 e. The van der Waals surface area contributed by atoms with Crippen LogP contribution in [0.15, 0.2) is 30.3 Å². The van der Waals surface area contributed by atoms with Crippen LogP contribution in [0.5, 0.6) is 0 Å². The Bertz CT molecular complexity index is 372. The first-order valence-corrected chi connectivity index (χ1v) is 6.53. The van der Waals surface area contributed by atoms with Crippen LogP contribution in [0.4, 0.5) is 0 Å². The molecule has 2 nitrogen and oxygen atoms in total. The molecule has 0 bridgehead atoms. The fraction of sp³-hybridized carbons (Fsp3) is 0.600.